The van der Waals surface area contributed by atoms with E-state index < -0.39 is 10.8 Å². The number of carbonyl (C=O) groups excluding carboxylic acids is 1. The van der Waals surface area contributed by atoms with Crippen LogP contribution in [0.5, 0.6) is 0 Å². The van der Waals surface area contributed by atoms with Crippen molar-refractivity contribution < 1.29 is 13.4 Å². The highest BCUT2D eigenvalue weighted by Crippen LogP contribution is 2.33. The maximum Gasteiger partial charge on any atom is 0.292 e. The number of nitrogens with one attached hydrogen (secondary N) is 1. The zero-order valence-corrected chi connectivity index (χ0v) is 16.6. The molecule has 0 spiro atoms. The van der Waals surface area contributed by atoms with Crippen molar-refractivity contribution >= 4 is 38.5 Å². The Kier molecular flexibility index (Phi) is 4.32. The number of rotatable bonds is 3. The number of aryl methyl sites for hydroxylation is 1. The Morgan fingerprint density at radius 2 is 2.08 bits per heavy atom. The third-order valence-electron chi connectivity index (χ3n) is 4.50. The molecule has 4 rings (SSSR count). The van der Waals surface area contributed by atoms with Crippen LogP contribution in [0.2, 0.25) is 0 Å². The van der Waals surface area contributed by atoms with Crippen molar-refractivity contribution in [2.75, 3.05) is 5.32 Å². The molecule has 0 unspecified atom stereocenters. The van der Waals surface area contributed by atoms with E-state index in [1.54, 1.807) is 16.8 Å². The van der Waals surface area contributed by atoms with E-state index in [0.29, 0.717) is 22.0 Å². The summed E-state index contributed by atoms with van der Waals surface area (Å²) in [4.78, 5) is 12.6. The first-order chi connectivity index (χ1) is 12.4. The number of hydrogen-bond donors (Lipinski definition) is 1. The summed E-state index contributed by atoms with van der Waals surface area (Å²) in [6, 6.07) is 9.20. The number of furan rings is 1. The minimum absolute atomic E-state index is 0.193. The summed E-state index contributed by atoms with van der Waals surface area (Å²) in [7, 11) is -0.986. The molecule has 0 saturated carbocycles. The van der Waals surface area contributed by atoms with Gasteiger partial charge in [-0.3, -0.25) is 9.00 Å². The number of fused-ring (bicyclic) bond motifs is 1. The lowest BCUT2D eigenvalue weighted by Gasteiger charge is -2.13. The van der Waals surface area contributed by atoms with Crippen molar-refractivity contribution in [1.82, 2.24) is 9.78 Å². The van der Waals surface area contributed by atoms with Gasteiger partial charge in [0.1, 0.15) is 5.82 Å². The molecule has 0 fully saturated rings. The molecule has 6 nitrogen and oxygen atoms in total. The summed E-state index contributed by atoms with van der Waals surface area (Å²) in [5.41, 5.74) is 4.68. The SMILES string of the molecule is Cc1cccc(-n2nc3c(c2NC(=O)c2ccc(Br)o2)C[S@](=O)C3)c1C. The van der Waals surface area contributed by atoms with Gasteiger partial charge >= 0.3 is 0 Å². The third-order valence-corrected chi connectivity index (χ3v) is 6.14. The molecular formula is C18H16BrN3O3S. The predicted molar refractivity (Wildman–Crippen MR) is 103 cm³/mol. The highest BCUT2D eigenvalue weighted by Gasteiger charge is 2.29. The molecule has 1 aliphatic rings. The molecule has 2 aromatic heterocycles. The Balaban J connectivity index is 1.81. The summed E-state index contributed by atoms with van der Waals surface area (Å²) in [5.74, 6) is 1.16. The Morgan fingerprint density at radius 3 is 2.81 bits per heavy atom. The number of anilines is 1. The van der Waals surface area contributed by atoms with Crippen LogP contribution in [0.4, 0.5) is 5.82 Å². The second-order valence-corrected chi connectivity index (χ2v) is 8.43. The summed E-state index contributed by atoms with van der Waals surface area (Å²) >= 11 is 3.20. The van der Waals surface area contributed by atoms with E-state index in [0.717, 1.165) is 28.1 Å². The summed E-state index contributed by atoms with van der Waals surface area (Å²) < 4.78 is 19.5. The van der Waals surface area contributed by atoms with Gasteiger partial charge in [-0.1, -0.05) is 12.1 Å². The minimum atomic E-state index is -0.986. The molecule has 1 aromatic carbocycles. The quantitative estimate of drug-likeness (QED) is 0.679. The van der Waals surface area contributed by atoms with Gasteiger partial charge in [0, 0.05) is 16.4 Å². The molecule has 3 aromatic rings. The third kappa shape index (κ3) is 2.93. The van der Waals surface area contributed by atoms with Gasteiger partial charge in [-0.15, -0.1) is 0 Å². The minimum Gasteiger partial charge on any atom is -0.444 e. The number of aromatic nitrogens is 2. The molecule has 3 heterocycles. The van der Waals surface area contributed by atoms with E-state index in [1.807, 2.05) is 32.0 Å². The van der Waals surface area contributed by atoms with Crippen molar-refractivity contribution in [3.05, 3.63) is 63.1 Å². The molecule has 0 aliphatic carbocycles. The summed E-state index contributed by atoms with van der Waals surface area (Å²) in [6.45, 7) is 4.05. The normalized spacial score (nSPS) is 15.9. The van der Waals surface area contributed by atoms with Crippen LogP contribution < -0.4 is 5.32 Å². The molecule has 1 aliphatic heterocycles. The Bertz CT molecular complexity index is 1050. The topological polar surface area (TPSA) is 77.1 Å². The Hall–Kier alpha value is -2.19. The van der Waals surface area contributed by atoms with E-state index in [9.17, 15) is 9.00 Å². The fourth-order valence-corrected chi connectivity index (χ4v) is 4.57. The molecule has 1 amide bonds. The van der Waals surface area contributed by atoms with E-state index in [2.05, 4.69) is 26.3 Å². The first-order valence-electron chi connectivity index (χ1n) is 8.03. The van der Waals surface area contributed by atoms with Crippen molar-refractivity contribution in [2.45, 2.75) is 25.4 Å². The zero-order chi connectivity index (χ0) is 18.4. The molecule has 1 N–H and O–H groups in total. The van der Waals surface area contributed by atoms with Crippen LogP contribution in [0.15, 0.2) is 39.4 Å². The van der Waals surface area contributed by atoms with Gasteiger partial charge in [0.25, 0.3) is 5.91 Å². The molecular weight excluding hydrogens is 418 g/mol. The zero-order valence-electron chi connectivity index (χ0n) is 14.2. The lowest BCUT2D eigenvalue weighted by molar-refractivity contribution is 0.0994. The lowest BCUT2D eigenvalue weighted by atomic mass is 10.1. The second-order valence-electron chi connectivity index (χ2n) is 6.19. The fourth-order valence-electron chi connectivity index (χ4n) is 3.00. The molecule has 26 heavy (non-hydrogen) atoms. The van der Waals surface area contributed by atoms with Crippen LogP contribution in [-0.2, 0) is 22.3 Å². The largest absolute Gasteiger partial charge is 0.444 e. The maximum absolute atomic E-state index is 12.6. The smallest absolute Gasteiger partial charge is 0.292 e. The second kappa shape index (κ2) is 6.51. The predicted octanol–water partition coefficient (Wildman–Crippen LogP) is 3.86. The molecule has 0 saturated heterocycles. The maximum atomic E-state index is 12.6. The van der Waals surface area contributed by atoms with Crippen molar-refractivity contribution in [2.24, 2.45) is 0 Å². The Labute approximate surface area is 161 Å². The first-order valence-corrected chi connectivity index (χ1v) is 10.3. The van der Waals surface area contributed by atoms with Gasteiger partial charge in [0.05, 0.1) is 22.9 Å². The number of hydrogen-bond acceptors (Lipinski definition) is 4. The highest BCUT2D eigenvalue weighted by molar-refractivity contribution is 9.10. The van der Waals surface area contributed by atoms with E-state index in [1.165, 1.54) is 0 Å². The molecule has 0 radical (unpaired) electrons. The number of nitrogens with zero attached hydrogens (tertiary/aromatic N) is 2. The highest BCUT2D eigenvalue weighted by atomic mass is 79.9. The van der Waals surface area contributed by atoms with Crippen LogP contribution in [0, 0.1) is 13.8 Å². The standard InChI is InChI=1S/C18H16BrN3O3S/c1-10-4-3-5-14(11(10)2)22-17(12-8-26(24)9-13(12)21-22)20-18(23)15-6-7-16(19)25-15/h3-7H,8-9H2,1-2H3,(H,20,23)/t26-/m0/s1. The lowest BCUT2D eigenvalue weighted by Crippen LogP contribution is -2.16. The first kappa shape index (κ1) is 17.2. The van der Waals surface area contributed by atoms with Crippen LogP contribution >= 0.6 is 15.9 Å². The van der Waals surface area contributed by atoms with E-state index in [-0.39, 0.29) is 11.7 Å². The summed E-state index contributed by atoms with van der Waals surface area (Å²) in [6.07, 6.45) is 0. The van der Waals surface area contributed by atoms with Crippen molar-refractivity contribution in [3.8, 4) is 5.69 Å². The number of carbonyl (C=O) groups is 1. The van der Waals surface area contributed by atoms with Gasteiger partial charge < -0.3 is 9.73 Å². The van der Waals surface area contributed by atoms with Crippen LogP contribution in [-0.4, -0.2) is 19.9 Å². The van der Waals surface area contributed by atoms with Gasteiger partial charge in [-0.05, 0) is 59.1 Å². The van der Waals surface area contributed by atoms with E-state index >= 15 is 0 Å². The molecule has 0 bridgehead atoms. The van der Waals surface area contributed by atoms with Crippen molar-refractivity contribution in [1.29, 1.82) is 0 Å². The molecule has 1 atom stereocenters. The molecule has 8 heteroatoms. The van der Waals surface area contributed by atoms with Gasteiger partial charge in [-0.25, -0.2) is 4.68 Å². The van der Waals surface area contributed by atoms with Crippen molar-refractivity contribution in [3.63, 3.8) is 0 Å². The Morgan fingerprint density at radius 1 is 1.27 bits per heavy atom. The van der Waals surface area contributed by atoms with Gasteiger partial charge in [0.2, 0.25) is 0 Å². The number of benzene rings is 1. The van der Waals surface area contributed by atoms with Gasteiger partial charge in [0.15, 0.2) is 10.4 Å². The van der Waals surface area contributed by atoms with Crippen LogP contribution in [0.3, 0.4) is 0 Å². The molecule has 134 valence electrons. The summed E-state index contributed by atoms with van der Waals surface area (Å²) in [5, 5.41) is 7.53. The average molecular weight is 434 g/mol. The van der Waals surface area contributed by atoms with E-state index in [4.69, 9.17) is 4.42 Å². The number of halogens is 1. The number of amides is 1. The fraction of sp³-hybridized carbons (Fsp3) is 0.222. The van der Waals surface area contributed by atoms with Crippen LogP contribution in [0.25, 0.3) is 5.69 Å². The monoisotopic (exact) mass is 433 g/mol. The van der Waals surface area contributed by atoms with Crippen LogP contribution in [0.1, 0.15) is 32.9 Å². The average Bonchev–Trinajstić information content (AvgIpc) is 3.26. The van der Waals surface area contributed by atoms with Gasteiger partial charge in [-0.2, -0.15) is 5.10 Å².